The minimum absolute atomic E-state index is 0.203. The molecule has 5 heteroatoms. The van der Waals surface area contributed by atoms with Crippen LogP contribution in [0.2, 0.25) is 0 Å². The lowest BCUT2D eigenvalue weighted by Gasteiger charge is -1.84. The zero-order valence-corrected chi connectivity index (χ0v) is 8.24. The van der Waals surface area contributed by atoms with E-state index in [1.165, 1.54) is 0 Å². The average molecular weight is 236 g/mol. The fraction of sp³-hybridized carbons (Fsp3) is 0.333. The second-order valence-corrected chi connectivity index (χ2v) is 4.34. The summed E-state index contributed by atoms with van der Waals surface area (Å²) in [7, 11) is 0. The third-order valence-electron chi connectivity index (χ3n) is 1.31. The number of nitrogens with zero attached hydrogens (tertiary/aromatic N) is 1. The molecule has 0 saturated carbocycles. The molecule has 1 aromatic heterocycles. The monoisotopic (exact) mass is 235 g/mol. The minimum Gasteiger partial charge on any atom is -0.258 e. The maximum atomic E-state index is 10.3. The van der Waals surface area contributed by atoms with Crippen LogP contribution in [0.4, 0.5) is 5.00 Å². The van der Waals surface area contributed by atoms with E-state index in [9.17, 15) is 10.1 Å². The Labute approximate surface area is 76.3 Å². The summed E-state index contributed by atoms with van der Waals surface area (Å²) < 4.78 is 0.867. The molecule has 0 aliphatic heterocycles. The van der Waals surface area contributed by atoms with Gasteiger partial charge in [0.1, 0.15) is 0 Å². The van der Waals surface area contributed by atoms with Crippen molar-refractivity contribution in [3.8, 4) is 0 Å². The predicted octanol–water partition coefficient (Wildman–Crippen LogP) is 2.98. The first-order chi connectivity index (χ1) is 5.15. The molecule has 1 aromatic rings. The van der Waals surface area contributed by atoms with Gasteiger partial charge in [0.05, 0.1) is 8.71 Å². The Morgan fingerprint density at radius 1 is 1.82 bits per heavy atom. The lowest BCUT2D eigenvalue weighted by atomic mass is 10.3. The molecule has 1 rings (SSSR count). The highest BCUT2D eigenvalue weighted by molar-refractivity contribution is 9.11. The Bertz CT molecular complexity index is 284. The van der Waals surface area contributed by atoms with Crippen molar-refractivity contribution in [2.24, 2.45) is 0 Å². The standard InChI is InChI=1S/C6H6BrNO2S/c1-2-4-3-5(8(9)10)11-6(4)7/h3H,2H2,1H3. The van der Waals surface area contributed by atoms with Crippen LogP contribution in [-0.2, 0) is 6.42 Å². The number of hydrogen-bond acceptors (Lipinski definition) is 3. The first-order valence-corrected chi connectivity index (χ1v) is 4.68. The van der Waals surface area contributed by atoms with Gasteiger partial charge in [-0.3, -0.25) is 10.1 Å². The van der Waals surface area contributed by atoms with Gasteiger partial charge in [0, 0.05) is 6.07 Å². The van der Waals surface area contributed by atoms with Gasteiger partial charge < -0.3 is 0 Å². The second kappa shape index (κ2) is 3.32. The fourth-order valence-corrected chi connectivity index (χ4v) is 2.41. The summed E-state index contributed by atoms with van der Waals surface area (Å²) >= 11 is 4.42. The van der Waals surface area contributed by atoms with Crippen LogP contribution in [0.5, 0.6) is 0 Å². The van der Waals surface area contributed by atoms with E-state index in [0.717, 1.165) is 27.1 Å². The van der Waals surface area contributed by atoms with Crippen molar-refractivity contribution in [1.82, 2.24) is 0 Å². The number of rotatable bonds is 2. The molecule has 0 aliphatic carbocycles. The molecule has 0 bridgehead atoms. The van der Waals surface area contributed by atoms with Crippen molar-refractivity contribution in [2.45, 2.75) is 13.3 Å². The number of halogens is 1. The molecule has 0 aliphatic rings. The van der Waals surface area contributed by atoms with Gasteiger partial charge in [-0.2, -0.15) is 0 Å². The minimum atomic E-state index is -0.366. The molecular weight excluding hydrogens is 230 g/mol. The number of nitro groups is 1. The summed E-state index contributed by atoms with van der Waals surface area (Å²) in [5.41, 5.74) is 1.00. The van der Waals surface area contributed by atoms with Crippen molar-refractivity contribution >= 4 is 32.3 Å². The normalized spacial score (nSPS) is 10.0. The van der Waals surface area contributed by atoms with E-state index < -0.39 is 0 Å². The van der Waals surface area contributed by atoms with E-state index >= 15 is 0 Å². The van der Waals surface area contributed by atoms with Gasteiger partial charge in [0.2, 0.25) is 0 Å². The molecule has 0 atom stereocenters. The molecule has 1 heterocycles. The number of hydrogen-bond donors (Lipinski definition) is 0. The van der Waals surface area contributed by atoms with E-state index in [1.54, 1.807) is 6.07 Å². The summed E-state index contributed by atoms with van der Waals surface area (Å²) in [5, 5.41) is 10.5. The highest BCUT2D eigenvalue weighted by Gasteiger charge is 2.12. The van der Waals surface area contributed by atoms with Gasteiger partial charge in [-0.05, 0) is 27.9 Å². The molecule has 0 unspecified atom stereocenters. The molecule has 0 aromatic carbocycles. The average Bonchev–Trinajstić information content (AvgIpc) is 2.31. The van der Waals surface area contributed by atoms with Crippen LogP contribution in [0, 0.1) is 10.1 Å². The van der Waals surface area contributed by atoms with Crippen LogP contribution >= 0.6 is 27.3 Å². The maximum absolute atomic E-state index is 10.3. The van der Waals surface area contributed by atoms with Gasteiger partial charge in [-0.15, -0.1) is 0 Å². The summed E-state index contributed by atoms with van der Waals surface area (Å²) in [5.74, 6) is 0. The van der Waals surface area contributed by atoms with Gasteiger partial charge in [-0.25, -0.2) is 0 Å². The highest BCUT2D eigenvalue weighted by Crippen LogP contribution is 2.33. The van der Waals surface area contributed by atoms with Gasteiger partial charge in [0.25, 0.3) is 0 Å². The Kier molecular flexibility index (Phi) is 2.62. The lowest BCUT2D eigenvalue weighted by Crippen LogP contribution is -1.81. The van der Waals surface area contributed by atoms with Crippen LogP contribution < -0.4 is 0 Å². The Morgan fingerprint density at radius 2 is 2.45 bits per heavy atom. The Balaban J connectivity index is 3.05. The maximum Gasteiger partial charge on any atom is 0.325 e. The fourth-order valence-electron chi connectivity index (χ4n) is 0.724. The van der Waals surface area contributed by atoms with Gasteiger partial charge >= 0.3 is 5.00 Å². The van der Waals surface area contributed by atoms with Gasteiger partial charge in [-0.1, -0.05) is 18.3 Å². The molecule has 0 fully saturated rings. The third-order valence-corrected chi connectivity index (χ3v) is 3.22. The summed E-state index contributed by atoms with van der Waals surface area (Å²) in [6.07, 6.45) is 0.824. The van der Waals surface area contributed by atoms with Gasteiger partial charge in [0.15, 0.2) is 0 Å². The van der Waals surface area contributed by atoms with Crippen LogP contribution in [0.3, 0.4) is 0 Å². The SMILES string of the molecule is CCc1cc([N+](=O)[O-])sc1Br. The zero-order valence-electron chi connectivity index (χ0n) is 5.83. The van der Waals surface area contributed by atoms with E-state index in [1.807, 2.05) is 6.92 Å². The Morgan fingerprint density at radius 3 is 2.73 bits per heavy atom. The van der Waals surface area contributed by atoms with Crippen molar-refractivity contribution in [1.29, 1.82) is 0 Å². The molecule has 0 spiro atoms. The quantitative estimate of drug-likeness (QED) is 0.585. The van der Waals surface area contributed by atoms with Crippen LogP contribution in [0.1, 0.15) is 12.5 Å². The second-order valence-electron chi connectivity index (χ2n) is 1.99. The summed E-state index contributed by atoms with van der Waals surface area (Å²) in [6.45, 7) is 1.97. The molecule has 0 saturated heterocycles. The molecular formula is C6H6BrNO2S. The number of aryl methyl sites for hydroxylation is 1. The first kappa shape index (κ1) is 8.67. The van der Waals surface area contributed by atoms with Crippen molar-refractivity contribution in [2.75, 3.05) is 0 Å². The molecule has 0 amide bonds. The van der Waals surface area contributed by atoms with E-state index in [4.69, 9.17) is 0 Å². The highest BCUT2D eigenvalue weighted by atomic mass is 79.9. The zero-order chi connectivity index (χ0) is 8.43. The summed E-state index contributed by atoms with van der Waals surface area (Å²) in [4.78, 5) is 9.91. The predicted molar refractivity (Wildman–Crippen MR) is 48.1 cm³/mol. The van der Waals surface area contributed by atoms with Crippen molar-refractivity contribution < 1.29 is 4.92 Å². The third kappa shape index (κ3) is 1.78. The molecule has 11 heavy (non-hydrogen) atoms. The molecule has 60 valence electrons. The topological polar surface area (TPSA) is 43.1 Å². The molecule has 0 N–H and O–H groups in total. The van der Waals surface area contributed by atoms with Crippen molar-refractivity contribution in [3.63, 3.8) is 0 Å². The largest absolute Gasteiger partial charge is 0.325 e. The van der Waals surface area contributed by atoms with E-state index in [-0.39, 0.29) is 9.92 Å². The van der Waals surface area contributed by atoms with Crippen LogP contribution in [0.25, 0.3) is 0 Å². The van der Waals surface area contributed by atoms with E-state index in [0.29, 0.717) is 0 Å². The van der Waals surface area contributed by atoms with Crippen LogP contribution in [-0.4, -0.2) is 4.92 Å². The van der Waals surface area contributed by atoms with Crippen LogP contribution in [0.15, 0.2) is 9.85 Å². The molecule has 3 nitrogen and oxygen atoms in total. The summed E-state index contributed by atoms with van der Waals surface area (Å²) in [6, 6.07) is 1.61. The van der Waals surface area contributed by atoms with E-state index in [2.05, 4.69) is 15.9 Å². The smallest absolute Gasteiger partial charge is 0.258 e. The number of thiophene rings is 1. The first-order valence-electron chi connectivity index (χ1n) is 3.07. The Hall–Kier alpha value is -0.420. The molecule has 0 radical (unpaired) electrons. The lowest BCUT2D eigenvalue weighted by molar-refractivity contribution is -0.380. The van der Waals surface area contributed by atoms with Crippen molar-refractivity contribution in [3.05, 3.63) is 25.5 Å².